The number of aliphatic hydroxyl groups is 1. The Labute approximate surface area is 158 Å². The van der Waals surface area contributed by atoms with Gasteiger partial charge in [0.1, 0.15) is 6.04 Å². The number of carbonyl (C=O) groups excluding carboxylic acids is 2. The van der Waals surface area contributed by atoms with Crippen molar-refractivity contribution >= 4 is 23.4 Å². The normalized spacial score (nSPS) is 20.6. The van der Waals surface area contributed by atoms with Gasteiger partial charge in [0.15, 0.2) is 0 Å². The number of carbonyl (C=O) groups is 2. The average Bonchev–Trinajstić information content (AvgIpc) is 3.03. The number of aliphatic hydroxyl groups excluding tert-OH is 1. The summed E-state index contributed by atoms with van der Waals surface area (Å²) in [6.07, 6.45) is 4.48. The number of allylic oxidation sites excluding steroid dienone is 1. The van der Waals surface area contributed by atoms with Crippen molar-refractivity contribution in [1.29, 1.82) is 0 Å². The summed E-state index contributed by atoms with van der Waals surface area (Å²) >= 11 is 5.85. The summed E-state index contributed by atoms with van der Waals surface area (Å²) in [5.41, 5.74) is 6.78. The molecule has 1 aromatic carbocycles. The van der Waals surface area contributed by atoms with Crippen molar-refractivity contribution in [2.24, 2.45) is 5.73 Å². The molecule has 0 aromatic heterocycles. The monoisotopic (exact) mass is 377 g/mol. The third-order valence-corrected chi connectivity index (χ3v) is 4.47. The second-order valence-corrected chi connectivity index (χ2v) is 6.53. The molecular formula is C19H24ClN3O3. The van der Waals surface area contributed by atoms with Gasteiger partial charge in [-0.15, -0.1) is 0 Å². The van der Waals surface area contributed by atoms with Crippen LogP contribution in [0.3, 0.4) is 0 Å². The first-order chi connectivity index (χ1) is 12.5. The van der Waals surface area contributed by atoms with Crippen LogP contribution in [0.5, 0.6) is 0 Å². The zero-order chi connectivity index (χ0) is 19.1. The van der Waals surface area contributed by atoms with Crippen molar-refractivity contribution in [3.05, 3.63) is 58.7 Å². The van der Waals surface area contributed by atoms with Gasteiger partial charge >= 0.3 is 0 Å². The van der Waals surface area contributed by atoms with Gasteiger partial charge in [-0.2, -0.15) is 0 Å². The van der Waals surface area contributed by atoms with Crippen LogP contribution < -0.4 is 11.1 Å². The topological polar surface area (TPSA) is 95.7 Å². The number of nitrogens with zero attached hydrogens (tertiary/aromatic N) is 1. The largest absolute Gasteiger partial charge is 0.391 e. The standard InChI is InChI=1S/C19H24ClN3O3/c1-2-14(4-3-9-21)19(26)23-12-16(24)10-17(23)18(25)22-11-13-5-7-15(20)8-6-13/h2-8,16-17,24H,9-12,21H2,1H3,(H,22,25)/b4-3-,14-2+/t16-,17+/m1/s1. The Kier molecular flexibility index (Phi) is 7.38. The number of amides is 2. The van der Waals surface area contributed by atoms with Crippen LogP contribution in [0.1, 0.15) is 18.9 Å². The van der Waals surface area contributed by atoms with E-state index >= 15 is 0 Å². The lowest BCUT2D eigenvalue weighted by Crippen LogP contribution is -2.46. The fraction of sp³-hybridized carbons (Fsp3) is 0.368. The zero-order valence-electron chi connectivity index (χ0n) is 14.7. The highest BCUT2D eigenvalue weighted by Gasteiger charge is 2.39. The zero-order valence-corrected chi connectivity index (χ0v) is 15.4. The molecule has 1 fully saturated rings. The van der Waals surface area contributed by atoms with Crippen molar-refractivity contribution in [2.75, 3.05) is 13.1 Å². The maximum atomic E-state index is 12.7. The molecule has 140 valence electrons. The predicted molar refractivity (Wildman–Crippen MR) is 101 cm³/mol. The SMILES string of the molecule is C/C=C(\C=C/CN)C(=O)N1C[C@H](O)C[C@H]1C(=O)NCc1ccc(Cl)cc1. The summed E-state index contributed by atoms with van der Waals surface area (Å²) in [6.45, 7) is 2.52. The van der Waals surface area contributed by atoms with Crippen molar-refractivity contribution in [3.8, 4) is 0 Å². The number of likely N-dealkylation sites (tertiary alicyclic amines) is 1. The minimum atomic E-state index is -0.721. The molecule has 7 heteroatoms. The third-order valence-electron chi connectivity index (χ3n) is 4.21. The third kappa shape index (κ3) is 5.17. The maximum absolute atomic E-state index is 12.7. The molecule has 4 N–H and O–H groups in total. The highest BCUT2D eigenvalue weighted by atomic mass is 35.5. The van der Waals surface area contributed by atoms with E-state index in [2.05, 4.69) is 5.32 Å². The lowest BCUT2D eigenvalue weighted by molar-refractivity contribution is -0.135. The molecule has 1 saturated heterocycles. The molecule has 0 spiro atoms. The molecule has 0 bridgehead atoms. The number of benzene rings is 1. The van der Waals surface area contributed by atoms with Crippen molar-refractivity contribution in [3.63, 3.8) is 0 Å². The number of nitrogens with one attached hydrogen (secondary N) is 1. The Hall–Kier alpha value is -2.15. The minimum absolute atomic E-state index is 0.131. The summed E-state index contributed by atoms with van der Waals surface area (Å²) in [5, 5.41) is 13.4. The van der Waals surface area contributed by atoms with Crippen molar-refractivity contribution in [2.45, 2.75) is 32.0 Å². The second-order valence-electron chi connectivity index (χ2n) is 6.09. The van der Waals surface area contributed by atoms with Gasteiger partial charge in [0, 0.05) is 36.7 Å². The number of rotatable bonds is 6. The van der Waals surface area contributed by atoms with Crippen molar-refractivity contribution in [1.82, 2.24) is 10.2 Å². The molecule has 0 saturated carbocycles. The lowest BCUT2D eigenvalue weighted by Gasteiger charge is -2.24. The van der Waals surface area contributed by atoms with Gasteiger partial charge < -0.3 is 21.1 Å². The lowest BCUT2D eigenvalue weighted by atomic mass is 10.1. The number of halogens is 1. The minimum Gasteiger partial charge on any atom is -0.391 e. The van der Waals surface area contributed by atoms with Gasteiger partial charge in [0.2, 0.25) is 5.91 Å². The van der Waals surface area contributed by atoms with Gasteiger partial charge in [-0.1, -0.05) is 42.0 Å². The first-order valence-corrected chi connectivity index (χ1v) is 8.88. The summed E-state index contributed by atoms with van der Waals surface area (Å²) in [4.78, 5) is 26.7. The maximum Gasteiger partial charge on any atom is 0.254 e. The summed E-state index contributed by atoms with van der Waals surface area (Å²) < 4.78 is 0. The van der Waals surface area contributed by atoms with Crippen LogP contribution in [-0.4, -0.2) is 47.1 Å². The molecule has 1 aliphatic rings. The summed E-state index contributed by atoms with van der Waals surface area (Å²) in [5.74, 6) is -0.580. The molecule has 1 aromatic rings. The van der Waals surface area contributed by atoms with Crippen LogP contribution in [0.4, 0.5) is 0 Å². The van der Waals surface area contributed by atoms with Gasteiger partial charge in [-0.05, 0) is 24.6 Å². The summed E-state index contributed by atoms with van der Waals surface area (Å²) in [6, 6.07) is 6.45. The first-order valence-electron chi connectivity index (χ1n) is 8.50. The Bertz CT molecular complexity index is 700. The predicted octanol–water partition coefficient (Wildman–Crippen LogP) is 1.38. The van der Waals surface area contributed by atoms with E-state index in [9.17, 15) is 14.7 Å². The molecule has 0 radical (unpaired) electrons. The van der Waals surface area contributed by atoms with E-state index in [1.165, 1.54) is 4.90 Å². The number of hydrogen-bond acceptors (Lipinski definition) is 4. The molecule has 26 heavy (non-hydrogen) atoms. The number of nitrogens with two attached hydrogens (primary N) is 1. The Morgan fingerprint density at radius 2 is 2.08 bits per heavy atom. The Morgan fingerprint density at radius 1 is 1.38 bits per heavy atom. The summed E-state index contributed by atoms with van der Waals surface area (Å²) in [7, 11) is 0. The molecule has 6 nitrogen and oxygen atoms in total. The molecule has 1 aliphatic heterocycles. The molecule has 2 amide bonds. The van der Waals surface area contributed by atoms with E-state index in [0.717, 1.165) is 5.56 Å². The smallest absolute Gasteiger partial charge is 0.254 e. The quantitative estimate of drug-likeness (QED) is 0.515. The van der Waals surface area contributed by atoms with Gasteiger partial charge in [0.25, 0.3) is 5.91 Å². The van der Waals surface area contributed by atoms with E-state index in [1.54, 1.807) is 37.3 Å². The van der Waals surface area contributed by atoms with Crippen LogP contribution in [0, 0.1) is 0 Å². The molecule has 2 atom stereocenters. The molecule has 0 unspecified atom stereocenters. The van der Waals surface area contributed by atoms with E-state index in [1.807, 2.05) is 12.1 Å². The number of hydrogen-bond donors (Lipinski definition) is 3. The Morgan fingerprint density at radius 3 is 2.69 bits per heavy atom. The van der Waals surface area contributed by atoms with Crippen LogP contribution in [0.25, 0.3) is 0 Å². The van der Waals surface area contributed by atoms with Gasteiger partial charge in [0.05, 0.1) is 6.10 Å². The molecule has 2 rings (SSSR count). The molecule has 0 aliphatic carbocycles. The van der Waals surface area contributed by atoms with Crippen molar-refractivity contribution < 1.29 is 14.7 Å². The fourth-order valence-corrected chi connectivity index (χ4v) is 2.97. The molecule has 1 heterocycles. The highest BCUT2D eigenvalue weighted by Crippen LogP contribution is 2.21. The molecular weight excluding hydrogens is 354 g/mol. The Balaban J connectivity index is 2.05. The van der Waals surface area contributed by atoms with Gasteiger partial charge in [-0.25, -0.2) is 0 Å². The van der Waals surface area contributed by atoms with Crippen LogP contribution in [0.15, 0.2) is 48.1 Å². The average molecular weight is 378 g/mol. The van der Waals surface area contributed by atoms with Crippen LogP contribution in [0.2, 0.25) is 5.02 Å². The second kappa shape index (κ2) is 9.52. The van der Waals surface area contributed by atoms with E-state index in [-0.39, 0.29) is 24.8 Å². The van der Waals surface area contributed by atoms with Gasteiger partial charge in [-0.3, -0.25) is 9.59 Å². The van der Waals surface area contributed by atoms with Crippen LogP contribution in [-0.2, 0) is 16.1 Å². The van der Waals surface area contributed by atoms with E-state index < -0.39 is 12.1 Å². The fourth-order valence-electron chi connectivity index (χ4n) is 2.85. The highest BCUT2D eigenvalue weighted by molar-refractivity contribution is 6.30. The van der Waals surface area contributed by atoms with E-state index in [4.69, 9.17) is 17.3 Å². The first kappa shape index (κ1) is 20.2. The number of β-amino-alcohol motifs (C(OH)–C–C–N with tert-alkyl or cyclic N) is 1. The van der Waals surface area contributed by atoms with Crippen LogP contribution >= 0.6 is 11.6 Å². The van der Waals surface area contributed by atoms with E-state index in [0.29, 0.717) is 23.7 Å².